The van der Waals surface area contributed by atoms with Crippen molar-refractivity contribution in [3.8, 4) is 73.3 Å². The van der Waals surface area contributed by atoms with Gasteiger partial charge in [0.05, 0.1) is 68.6 Å². The summed E-state index contributed by atoms with van der Waals surface area (Å²) in [5.74, 6) is 2.92. The van der Waals surface area contributed by atoms with Crippen LogP contribution in [0.15, 0.2) is 213 Å². The average molecular weight is 1450 g/mol. The lowest BCUT2D eigenvalue weighted by Gasteiger charge is -2.14. The molecule has 107 heavy (non-hydrogen) atoms. The molecule has 17 heteroatoms. The van der Waals surface area contributed by atoms with Crippen LogP contribution in [0.5, 0.6) is 17.2 Å². The lowest BCUT2D eigenvalue weighted by atomic mass is 9.97. The molecular weight excluding hydrogens is 1340 g/mol. The molecule has 0 aliphatic carbocycles. The predicted octanol–water partition coefficient (Wildman–Crippen LogP) is 15.1. The van der Waals surface area contributed by atoms with Crippen molar-refractivity contribution < 1.29 is 42.6 Å². The molecular formula is C90H107FN8O8. The van der Waals surface area contributed by atoms with Crippen molar-refractivity contribution in [1.29, 1.82) is 0 Å². The highest BCUT2D eigenvalue weighted by molar-refractivity contribution is 5.84. The number of aryl methyl sites for hydroxylation is 2. The molecule has 0 aliphatic rings. The molecule has 5 atom stereocenters. The van der Waals surface area contributed by atoms with Crippen molar-refractivity contribution >= 4 is 28.9 Å². The first-order chi connectivity index (χ1) is 51.5. The molecule has 0 radical (unpaired) electrons. The Balaban J connectivity index is 0.000000210. The zero-order chi connectivity index (χ0) is 78.0. The van der Waals surface area contributed by atoms with Crippen molar-refractivity contribution in [3.05, 3.63) is 263 Å². The van der Waals surface area contributed by atoms with Crippen molar-refractivity contribution in [2.24, 2.45) is 0 Å². The van der Waals surface area contributed by atoms with Crippen LogP contribution in [0.2, 0.25) is 0 Å². The summed E-state index contributed by atoms with van der Waals surface area (Å²) in [4.78, 5) is 70.9. The van der Waals surface area contributed by atoms with E-state index >= 15 is 0 Å². The summed E-state index contributed by atoms with van der Waals surface area (Å²) in [6.07, 6.45) is 10.8. The number of hydrogen-bond donors (Lipinski definition) is 5. The van der Waals surface area contributed by atoms with Gasteiger partial charge in [-0.05, 0) is 238 Å². The minimum atomic E-state index is -0.191. The maximum absolute atomic E-state index is 13.6. The molecule has 0 saturated heterocycles. The molecule has 5 N–H and O–H groups in total. The van der Waals surface area contributed by atoms with Gasteiger partial charge in [-0.1, -0.05) is 147 Å². The molecule has 3 heterocycles. The van der Waals surface area contributed by atoms with E-state index < -0.39 is 0 Å². The van der Waals surface area contributed by atoms with Crippen LogP contribution < -0.4 is 40.8 Å². The quantitative estimate of drug-likeness (QED) is 0.0283. The van der Waals surface area contributed by atoms with Gasteiger partial charge in [0.1, 0.15) is 52.0 Å². The van der Waals surface area contributed by atoms with E-state index in [4.69, 9.17) is 14.2 Å². The lowest BCUT2D eigenvalue weighted by Crippen LogP contribution is -2.34. The first kappa shape index (κ1) is 85.4. The lowest BCUT2D eigenvalue weighted by molar-refractivity contribution is -0.119. The molecule has 0 bridgehead atoms. The SMILES string of the molecule is CCc1cc(OC)ccc1-c1ccc(C[C@H](NC)C(C)=O)cn1.CCc1ccccc1-c1ccc(C[C@H](NC)C(C)=O)cn1.CN[C@@H](Cc1ccc(-c2ccc(OC)cc2OC)cc1)C(C)=O.CN[C@@H](Cc1ccc(-c2cccc(F)c2C)cc1)C(C)=O.CN[C@@H](Cc1ccc(-c2ccccc2)nc1)C(C)=O. The second-order valence-electron chi connectivity index (χ2n) is 26.1. The summed E-state index contributed by atoms with van der Waals surface area (Å²) in [6, 6.07) is 62.9. The highest BCUT2D eigenvalue weighted by Gasteiger charge is 2.19. The van der Waals surface area contributed by atoms with Gasteiger partial charge < -0.3 is 40.8 Å². The van der Waals surface area contributed by atoms with Gasteiger partial charge in [-0.25, -0.2) is 4.39 Å². The van der Waals surface area contributed by atoms with E-state index in [1.807, 2.05) is 184 Å². The van der Waals surface area contributed by atoms with E-state index in [1.54, 1.807) is 90.1 Å². The fraction of sp³-hybridized carbons (Fsp3) is 0.311. The fourth-order valence-corrected chi connectivity index (χ4v) is 12.1. The smallest absolute Gasteiger partial charge is 0.147 e. The van der Waals surface area contributed by atoms with Crippen molar-refractivity contribution in [2.45, 2.75) is 131 Å². The highest BCUT2D eigenvalue weighted by atomic mass is 19.1. The summed E-state index contributed by atoms with van der Waals surface area (Å²) in [5, 5.41) is 15.1. The van der Waals surface area contributed by atoms with Crippen LogP contribution in [-0.4, -0.2) is 131 Å². The molecule has 0 aliphatic heterocycles. The van der Waals surface area contributed by atoms with Crippen molar-refractivity contribution in [3.63, 3.8) is 0 Å². The fourth-order valence-electron chi connectivity index (χ4n) is 12.1. The van der Waals surface area contributed by atoms with Gasteiger partial charge in [-0.15, -0.1) is 0 Å². The number of nitrogens with zero attached hydrogens (tertiary/aromatic N) is 3. The molecule has 562 valence electrons. The number of benzene rings is 7. The van der Waals surface area contributed by atoms with Crippen LogP contribution >= 0.6 is 0 Å². The number of carbonyl (C=O) groups excluding carboxylic acids is 5. The molecule has 10 rings (SSSR count). The van der Waals surface area contributed by atoms with Crippen LogP contribution in [-0.2, 0) is 68.9 Å². The second-order valence-corrected chi connectivity index (χ2v) is 26.1. The summed E-state index contributed by atoms with van der Waals surface area (Å²) in [5.41, 5.74) is 18.8. The van der Waals surface area contributed by atoms with Gasteiger partial charge in [0.2, 0.25) is 0 Å². The number of ketones is 5. The molecule has 0 fully saturated rings. The van der Waals surface area contributed by atoms with E-state index in [0.717, 1.165) is 108 Å². The highest BCUT2D eigenvalue weighted by Crippen LogP contribution is 2.34. The Morgan fingerprint density at radius 1 is 0.355 bits per heavy atom. The van der Waals surface area contributed by atoms with Crippen molar-refractivity contribution in [2.75, 3.05) is 56.6 Å². The third kappa shape index (κ3) is 26.2. The number of Topliss-reactive ketones (excluding diaryl/α,β-unsaturated/α-hetero) is 5. The number of methoxy groups -OCH3 is 3. The zero-order valence-electron chi connectivity index (χ0n) is 65.0. The number of hydrogen-bond acceptors (Lipinski definition) is 16. The molecule has 0 spiro atoms. The minimum Gasteiger partial charge on any atom is -0.497 e. The number of likely N-dealkylation sites (N-methyl/N-ethyl adjacent to an activating group) is 5. The summed E-state index contributed by atoms with van der Waals surface area (Å²) in [7, 11) is 14.0. The minimum absolute atomic E-state index is 0.127. The van der Waals surface area contributed by atoms with Crippen LogP contribution in [0.25, 0.3) is 56.0 Å². The van der Waals surface area contributed by atoms with Crippen LogP contribution in [0.3, 0.4) is 0 Å². The van der Waals surface area contributed by atoms with E-state index in [1.165, 1.54) is 22.8 Å². The Morgan fingerprint density at radius 3 is 1.09 bits per heavy atom. The van der Waals surface area contributed by atoms with Gasteiger partial charge in [-0.2, -0.15) is 0 Å². The Hall–Kier alpha value is -10.5. The Morgan fingerprint density at radius 2 is 0.710 bits per heavy atom. The molecule has 7 aromatic carbocycles. The molecule has 16 nitrogen and oxygen atoms in total. The third-order valence-electron chi connectivity index (χ3n) is 18.8. The van der Waals surface area contributed by atoms with E-state index in [2.05, 4.69) is 85.7 Å². The van der Waals surface area contributed by atoms with Gasteiger partial charge in [-0.3, -0.25) is 38.9 Å². The Labute approximate surface area is 633 Å². The van der Waals surface area contributed by atoms with E-state index in [-0.39, 0.29) is 64.9 Å². The second kappa shape index (κ2) is 44.4. The van der Waals surface area contributed by atoms with E-state index in [9.17, 15) is 28.4 Å². The maximum atomic E-state index is 13.6. The number of ether oxygens (including phenoxy) is 3. The summed E-state index contributed by atoms with van der Waals surface area (Å²) >= 11 is 0. The van der Waals surface area contributed by atoms with E-state index in [0.29, 0.717) is 37.7 Å². The summed E-state index contributed by atoms with van der Waals surface area (Å²) in [6.45, 7) is 14.1. The molecule has 0 saturated carbocycles. The number of carbonyl (C=O) groups is 5. The first-order valence-corrected chi connectivity index (χ1v) is 36.3. The zero-order valence-corrected chi connectivity index (χ0v) is 65.0. The predicted molar refractivity (Wildman–Crippen MR) is 432 cm³/mol. The number of pyridine rings is 3. The molecule has 0 unspecified atom stereocenters. The average Bonchev–Trinajstić information content (AvgIpc) is 0.840. The van der Waals surface area contributed by atoms with Gasteiger partial charge in [0, 0.05) is 46.9 Å². The van der Waals surface area contributed by atoms with Crippen LogP contribution in [0, 0.1) is 12.7 Å². The van der Waals surface area contributed by atoms with Gasteiger partial charge in [0.25, 0.3) is 0 Å². The molecule has 0 amide bonds. The topological polar surface area (TPSA) is 212 Å². The summed E-state index contributed by atoms with van der Waals surface area (Å²) < 4.78 is 29.6. The standard InChI is InChI=1S/C19H24N2O2.C19H23NO3.C18H20FNO.C18H22N2O.C16H18N2O/c1-5-15-11-16(23-4)7-8-17(15)18-9-6-14(12-21-18)10-19(20-3)13(2)22;1-13(21)18(20-2)11-14-5-7-15(8-6-14)17-10-9-16(22-3)12-19(17)23-4;1-12-16(5-4-6-17(12)19)15-9-7-14(8-10-15)11-18(20-3)13(2)21;1-4-15-7-5-6-8-16(15)17-10-9-14(12-20-17)11-18(19-3)13(2)21;1-12(19)16(17-2)10-13-8-9-15(18-11-13)14-6-4-3-5-7-14/h6-9,11-12,19-20H,5,10H2,1-4H3;5-10,12,18,20H,11H2,1-4H3;4-10,18,20H,11H2,1-3H3;5-10,12,18-19H,4,11H2,1-3H3;3-9,11,16-17H,10H2,1-2H3/t19-;3*18-;16-/m00000/s1. The Kier molecular flexibility index (Phi) is 35.5. The monoisotopic (exact) mass is 1450 g/mol. The first-order valence-electron chi connectivity index (χ1n) is 36.3. The molecule has 3 aromatic heterocycles. The van der Waals surface area contributed by atoms with Gasteiger partial charge in [0.15, 0.2) is 0 Å². The third-order valence-corrected chi connectivity index (χ3v) is 18.8. The van der Waals surface area contributed by atoms with Crippen molar-refractivity contribution in [1.82, 2.24) is 41.5 Å². The number of halogens is 1. The number of nitrogens with one attached hydrogen (secondary N) is 5. The van der Waals surface area contributed by atoms with Crippen LogP contribution in [0.4, 0.5) is 4.39 Å². The number of rotatable bonds is 30. The normalized spacial score (nSPS) is 12.0. The number of aromatic nitrogens is 3. The largest absolute Gasteiger partial charge is 0.497 e. The Bertz CT molecular complexity index is 4300. The maximum Gasteiger partial charge on any atom is 0.147 e. The van der Waals surface area contributed by atoms with Gasteiger partial charge >= 0.3 is 0 Å². The molecule has 10 aromatic rings. The van der Waals surface area contributed by atoms with Crippen LogP contribution in [0.1, 0.15) is 93.0 Å².